The van der Waals surface area contributed by atoms with Gasteiger partial charge in [-0.15, -0.1) is 0 Å². The number of benzene rings is 1. The van der Waals surface area contributed by atoms with Crippen LogP contribution in [0.4, 0.5) is 4.79 Å². The van der Waals surface area contributed by atoms with Crippen molar-refractivity contribution in [2.75, 3.05) is 32.3 Å². The summed E-state index contributed by atoms with van der Waals surface area (Å²) >= 11 is 1.49. The highest BCUT2D eigenvalue weighted by atomic mass is 32.2. The van der Waals surface area contributed by atoms with E-state index in [1.54, 1.807) is 31.2 Å². The molecule has 0 saturated heterocycles. The van der Waals surface area contributed by atoms with Crippen LogP contribution < -0.4 is 15.4 Å². The minimum Gasteiger partial charge on any atom is -0.496 e. The van der Waals surface area contributed by atoms with E-state index in [9.17, 15) is 19.2 Å². The Morgan fingerprint density at radius 2 is 1.86 bits per heavy atom. The number of hydrogen-bond acceptors (Lipinski definition) is 8. The van der Waals surface area contributed by atoms with Gasteiger partial charge in [0.05, 0.1) is 19.3 Å². The largest absolute Gasteiger partial charge is 0.496 e. The lowest BCUT2D eigenvalue weighted by atomic mass is 10.1. The molecule has 0 radical (unpaired) electrons. The molecule has 0 aliphatic heterocycles. The van der Waals surface area contributed by atoms with Crippen molar-refractivity contribution in [3.8, 4) is 5.75 Å². The summed E-state index contributed by atoms with van der Waals surface area (Å²) < 4.78 is 14.6. The molecule has 9 nitrogen and oxygen atoms in total. The third-order valence-corrected chi connectivity index (χ3v) is 4.06. The first-order chi connectivity index (χ1) is 13.4. The summed E-state index contributed by atoms with van der Waals surface area (Å²) in [5.74, 6) is -1.16. The fourth-order valence-corrected chi connectivity index (χ4v) is 2.58. The summed E-state index contributed by atoms with van der Waals surface area (Å²) in [6.07, 6.45) is 1.24. The van der Waals surface area contributed by atoms with Crippen LogP contribution in [-0.2, 0) is 19.1 Å². The van der Waals surface area contributed by atoms with Gasteiger partial charge in [0.2, 0.25) is 0 Å². The van der Waals surface area contributed by atoms with Gasteiger partial charge in [0.25, 0.3) is 11.8 Å². The van der Waals surface area contributed by atoms with Crippen LogP contribution in [0, 0.1) is 0 Å². The number of para-hydroxylation sites is 1. The molecule has 0 fully saturated rings. The highest BCUT2D eigenvalue weighted by Crippen LogP contribution is 2.17. The highest BCUT2D eigenvalue weighted by molar-refractivity contribution is 7.98. The van der Waals surface area contributed by atoms with Crippen LogP contribution in [0.1, 0.15) is 23.7 Å². The Hall–Kier alpha value is -2.75. The number of carbonyl (C=O) groups is 4. The Morgan fingerprint density at radius 1 is 1.14 bits per heavy atom. The second-order valence-electron chi connectivity index (χ2n) is 5.38. The first-order valence-electron chi connectivity index (χ1n) is 8.49. The number of rotatable bonds is 10. The molecule has 1 atom stereocenters. The van der Waals surface area contributed by atoms with E-state index in [1.165, 1.54) is 18.9 Å². The van der Waals surface area contributed by atoms with Crippen molar-refractivity contribution in [1.82, 2.24) is 10.6 Å². The maximum absolute atomic E-state index is 12.5. The second-order valence-corrected chi connectivity index (χ2v) is 6.37. The van der Waals surface area contributed by atoms with Crippen molar-refractivity contribution in [3.63, 3.8) is 0 Å². The monoisotopic (exact) mass is 412 g/mol. The quantitative estimate of drug-likeness (QED) is 0.553. The minimum atomic E-state index is -0.958. The van der Waals surface area contributed by atoms with Crippen molar-refractivity contribution in [2.45, 2.75) is 19.4 Å². The standard InChI is InChI=1S/C18H24N2O7S/c1-4-26-18(24)20-15(21)11-27-17(23)13(9-10-28-3)19-16(22)12-7-5-6-8-14(12)25-2/h5-8,13H,4,9-11H2,1-3H3,(H,19,22)(H,20,21,24)/t13-/m0/s1. The Labute approximate surface area is 167 Å². The van der Waals surface area contributed by atoms with E-state index in [0.717, 1.165) is 0 Å². The van der Waals surface area contributed by atoms with E-state index < -0.39 is 36.5 Å². The van der Waals surface area contributed by atoms with Gasteiger partial charge in [-0.25, -0.2) is 9.59 Å². The van der Waals surface area contributed by atoms with Crippen LogP contribution in [0.15, 0.2) is 24.3 Å². The third-order valence-electron chi connectivity index (χ3n) is 3.41. The summed E-state index contributed by atoms with van der Waals surface area (Å²) in [5, 5.41) is 4.51. The fraction of sp³-hybridized carbons (Fsp3) is 0.444. The van der Waals surface area contributed by atoms with Crippen LogP contribution in [-0.4, -0.2) is 62.3 Å². The molecule has 154 valence electrons. The van der Waals surface area contributed by atoms with Gasteiger partial charge in [-0.3, -0.25) is 14.9 Å². The predicted octanol–water partition coefficient (Wildman–Crippen LogP) is 1.36. The smallest absolute Gasteiger partial charge is 0.413 e. The van der Waals surface area contributed by atoms with Gasteiger partial charge in [-0.2, -0.15) is 11.8 Å². The molecule has 1 aromatic carbocycles. The molecule has 1 aromatic rings. The molecule has 2 N–H and O–H groups in total. The molecule has 0 spiro atoms. The predicted molar refractivity (Wildman–Crippen MR) is 103 cm³/mol. The number of nitrogens with one attached hydrogen (secondary N) is 2. The Morgan fingerprint density at radius 3 is 2.50 bits per heavy atom. The molecule has 0 unspecified atom stereocenters. The number of hydrogen-bond donors (Lipinski definition) is 2. The van der Waals surface area contributed by atoms with Gasteiger partial charge in [0, 0.05) is 0 Å². The van der Waals surface area contributed by atoms with E-state index in [4.69, 9.17) is 9.47 Å². The maximum atomic E-state index is 12.5. The zero-order chi connectivity index (χ0) is 20.9. The lowest BCUT2D eigenvalue weighted by Gasteiger charge is -2.18. The molecule has 0 heterocycles. The summed E-state index contributed by atoms with van der Waals surface area (Å²) in [6.45, 7) is 1.02. The summed E-state index contributed by atoms with van der Waals surface area (Å²) in [5.41, 5.74) is 0.270. The number of carbonyl (C=O) groups excluding carboxylic acids is 4. The van der Waals surface area contributed by atoms with E-state index in [1.807, 2.05) is 11.6 Å². The fourth-order valence-electron chi connectivity index (χ4n) is 2.11. The number of alkyl carbamates (subject to hydrolysis) is 1. The van der Waals surface area contributed by atoms with Gasteiger partial charge < -0.3 is 19.5 Å². The van der Waals surface area contributed by atoms with Gasteiger partial charge in [-0.1, -0.05) is 12.1 Å². The third kappa shape index (κ3) is 7.87. The number of methoxy groups -OCH3 is 1. The van der Waals surface area contributed by atoms with Gasteiger partial charge in [0.1, 0.15) is 11.8 Å². The molecule has 10 heteroatoms. The topological polar surface area (TPSA) is 120 Å². The number of amides is 3. The van der Waals surface area contributed by atoms with E-state index in [-0.39, 0.29) is 12.2 Å². The van der Waals surface area contributed by atoms with Crippen molar-refractivity contribution in [2.24, 2.45) is 0 Å². The molecule has 0 bridgehead atoms. The molecular weight excluding hydrogens is 388 g/mol. The maximum Gasteiger partial charge on any atom is 0.413 e. The Balaban J connectivity index is 2.70. The van der Waals surface area contributed by atoms with Crippen molar-refractivity contribution in [1.29, 1.82) is 0 Å². The minimum absolute atomic E-state index is 0.102. The Bertz CT molecular complexity index is 696. The van der Waals surface area contributed by atoms with Gasteiger partial charge >= 0.3 is 12.1 Å². The summed E-state index contributed by atoms with van der Waals surface area (Å²) in [6, 6.07) is 5.63. The van der Waals surface area contributed by atoms with Crippen LogP contribution in [0.2, 0.25) is 0 Å². The lowest BCUT2D eigenvalue weighted by Crippen LogP contribution is -2.44. The highest BCUT2D eigenvalue weighted by Gasteiger charge is 2.25. The van der Waals surface area contributed by atoms with Gasteiger partial charge in [0.15, 0.2) is 6.61 Å². The molecular formula is C18H24N2O7S. The molecule has 0 saturated carbocycles. The summed E-state index contributed by atoms with van der Waals surface area (Å²) in [7, 11) is 1.44. The first kappa shape index (κ1) is 23.3. The van der Waals surface area contributed by atoms with E-state index in [2.05, 4.69) is 10.1 Å². The van der Waals surface area contributed by atoms with Crippen molar-refractivity contribution < 1.29 is 33.4 Å². The van der Waals surface area contributed by atoms with E-state index >= 15 is 0 Å². The second kappa shape index (κ2) is 12.6. The first-order valence-corrected chi connectivity index (χ1v) is 9.88. The molecule has 0 aliphatic carbocycles. The normalized spacial score (nSPS) is 11.1. The average Bonchev–Trinajstić information content (AvgIpc) is 2.69. The van der Waals surface area contributed by atoms with Crippen LogP contribution in [0.5, 0.6) is 5.75 Å². The number of esters is 1. The van der Waals surface area contributed by atoms with Crippen LogP contribution in [0.3, 0.4) is 0 Å². The molecule has 1 rings (SSSR count). The number of ether oxygens (including phenoxy) is 3. The van der Waals surface area contributed by atoms with Gasteiger partial charge in [-0.05, 0) is 37.5 Å². The molecule has 28 heavy (non-hydrogen) atoms. The zero-order valence-corrected chi connectivity index (χ0v) is 16.8. The Kier molecular flexibility index (Phi) is 10.5. The zero-order valence-electron chi connectivity index (χ0n) is 16.0. The van der Waals surface area contributed by atoms with E-state index in [0.29, 0.717) is 17.9 Å². The SMILES string of the molecule is CCOC(=O)NC(=O)COC(=O)[C@H](CCSC)NC(=O)c1ccccc1OC. The molecule has 0 aromatic heterocycles. The number of imide groups is 1. The average molecular weight is 412 g/mol. The van der Waals surface area contributed by atoms with Crippen molar-refractivity contribution >= 4 is 35.6 Å². The van der Waals surface area contributed by atoms with Crippen LogP contribution in [0.25, 0.3) is 0 Å². The molecule has 3 amide bonds. The summed E-state index contributed by atoms with van der Waals surface area (Å²) in [4.78, 5) is 47.6. The van der Waals surface area contributed by atoms with Crippen LogP contribution >= 0.6 is 11.8 Å². The lowest BCUT2D eigenvalue weighted by molar-refractivity contribution is -0.150. The van der Waals surface area contributed by atoms with Crippen molar-refractivity contribution in [3.05, 3.63) is 29.8 Å². The molecule has 0 aliphatic rings. The number of thioether (sulfide) groups is 1.